The molecule has 122 valence electrons. The smallest absolute Gasteiger partial charge is 0.258 e. The molecule has 0 saturated carbocycles. The fourth-order valence-corrected chi connectivity index (χ4v) is 3.72. The number of aromatic nitrogens is 2. The number of rotatable bonds is 4. The molecule has 4 rings (SSSR count). The summed E-state index contributed by atoms with van der Waals surface area (Å²) >= 11 is 1.29. The molecule has 1 N–H and O–H groups in total. The number of aryl methyl sites for hydroxylation is 1. The number of fused-ring (bicyclic) bond motifs is 2. The lowest BCUT2D eigenvalue weighted by Gasteiger charge is -2.26. The minimum atomic E-state index is -0.00285. The predicted octanol–water partition coefficient (Wildman–Crippen LogP) is 3.51. The normalized spacial score (nSPS) is 16.8. The Morgan fingerprint density at radius 3 is 3.12 bits per heavy atom. The summed E-state index contributed by atoms with van der Waals surface area (Å²) in [5, 5.41) is 3.61. The van der Waals surface area contributed by atoms with Crippen molar-refractivity contribution >= 4 is 28.9 Å². The van der Waals surface area contributed by atoms with E-state index in [1.165, 1.54) is 22.9 Å². The van der Waals surface area contributed by atoms with Crippen molar-refractivity contribution in [3.8, 4) is 0 Å². The first-order chi connectivity index (χ1) is 11.8. The second kappa shape index (κ2) is 6.65. The Bertz CT molecular complexity index is 844. The maximum absolute atomic E-state index is 12.3. The summed E-state index contributed by atoms with van der Waals surface area (Å²) in [6, 6.07) is 12.1. The van der Waals surface area contributed by atoms with Gasteiger partial charge in [0.05, 0.1) is 11.8 Å². The predicted molar refractivity (Wildman–Crippen MR) is 92.8 cm³/mol. The zero-order valence-electron chi connectivity index (χ0n) is 13.1. The molecule has 1 aromatic carbocycles. The van der Waals surface area contributed by atoms with Gasteiger partial charge in [0.25, 0.3) is 5.22 Å². The molecule has 2 aromatic heterocycles. The van der Waals surface area contributed by atoms with Crippen molar-refractivity contribution in [2.45, 2.75) is 30.5 Å². The van der Waals surface area contributed by atoms with E-state index in [1.54, 1.807) is 12.3 Å². The first kappa shape index (κ1) is 15.2. The van der Waals surface area contributed by atoms with Gasteiger partial charge in [0.2, 0.25) is 5.91 Å². The third-order valence-corrected chi connectivity index (χ3v) is 5.00. The van der Waals surface area contributed by atoms with Gasteiger partial charge in [-0.05, 0) is 42.5 Å². The number of pyridine rings is 1. The highest BCUT2D eigenvalue weighted by molar-refractivity contribution is 7.99. The van der Waals surface area contributed by atoms with Gasteiger partial charge < -0.3 is 9.73 Å². The maximum Gasteiger partial charge on any atom is 0.258 e. The van der Waals surface area contributed by atoms with Gasteiger partial charge in [-0.15, -0.1) is 0 Å². The largest absolute Gasteiger partial charge is 0.430 e. The molecule has 1 atom stereocenters. The van der Waals surface area contributed by atoms with Crippen LogP contribution in [0.25, 0.3) is 11.2 Å². The van der Waals surface area contributed by atoms with Crippen LogP contribution in [-0.2, 0) is 11.2 Å². The van der Waals surface area contributed by atoms with E-state index < -0.39 is 0 Å². The Hall–Kier alpha value is -2.34. The molecule has 2 heterocycles. The number of thioether (sulfide) groups is 1. The number of hydrogen-bond acceptors (Lipinski definition) is 5. The molecule has 1 aliphatic rings. The molecule has 0 radical (unpaired) electrons. The van der Waals surface area contributed by atoms with Crippen LogP contribution in [0, 0.1) is 0 Å². The number of nitrogens with zero attached hydrogens (tertiary/aromatic N) is 2. The van der Waals surface area contributed by atoms with E-state index >= 15 is 0 Å². The molecule has 5 nitrogen and oxygen atoms in total. The van der Waals surface area contributed by atoms with E-state index in [0.29, 0.717) is 16.5 Å². The van der Waals surface area contributed by atoms with E-state index in [1.807, 2.05) is 12.1 Å². The summed E-state index contributed by atoms with van der Waals surface area (Å²) < 4.78 is 5.57. The summed E-state index contributed by atoms with van der Waals surface area (Å²) in [5.41, 5.74) is 3.79. The summed E-state index contributed by atoms with van der Waals surface area (Å²) in [5.74, 6) is 0.280. The molecule has 0 bridgehead atoms. The minimum absolute atomic E-state index is 0.00285. The Labute approximate surface area is 143 Å². The molecular weight excluding hydrogens is 322 g/mol. The lowest BCUT2D eigenvalue weighted by molar-refractivity contribution is -0.119. The monoisotopic (exact) mass is 339 g/mol. The lowest BCUT2D eigenvalue weighted by atomic mass is 9.88. The molecule has 0 spiro atoms. The van der Waals surface area contributed by atoms with Crippen LogP contribution in [0.4, 0.5) is 0 Å². The Morgan fingerprint density at radius 1 is 1.29 bits per heavy atom. The van der Waals surface area contributed by atoms with Crippen LogP contribution >= 0.6 is 11.8 Å². The van der Waals surface area contributed by atoms with Crippen molar-refractivity contribution in [2.24, 2.45) is 0 Å². The van der Waals surface area contributed by atoms with E-state index in [2.05, 4.69) is 33.5 Å². The fourth-order valence-electron chi connectivity index (χ4n) is 3.08. The first-order valence-electron chi connectivity index (χ1n) is 8.01. The molecule has 0 aliphatic heterocycles. The average Bonchev–Trinajstić information content (AvgIpc) is 3.03. The van der Waals surface area contributed by atoms with Crippen LogP contribution < -0.4 is 5.32 Å². The highest BCUT2D eigenvalue weighted by Crippen LogP contribution is 2.29. The minimum Gasteiger partial charge on any atom is -0.430 e. The highest BCUT2D eigenvalue weighted by Gasteiger charge is 2.21. The van der Waals surface area contributed by atoms with Gasteiger partial charge in [-0.2, -0.15) is 4.98 Å². The summed E-state index contributed by atoms with van der Waals surface area (Å²) in [4.78, 5) is 20.7. The second-order valence-electron chi connectivity index (χ2n) is 5.80. The van der Waals surface area contributed by atoms with Gasteiger partial charge >= 0.3 is 0 Å². The zero-order valence-corrected chi connectivity index (χ0v) is 13.9. The van der Waals surface area contributed by atoms with Crippen LogP contribution in [0.15, 0.2) is 52.2 Å². The number of hydrogen-bond donors (Lipinski definition) is 1. The average molecular weight is 339 g/mol. The molecule has 3 aromatic rings. The van der Waals surface area contributed by atoms with Crippen LogP contribution in [-0.4, -0.2) is 21.6 Å². The van der Waals surface area contributed by atoms with Gasteiger partial charge in [0.15, 0.2) is 11.2 Å². The molecule has 0 saturated heterocycles. The van der Waals surface area contributed by atoms with Crippen LogP contribution in [0.2, 0.25) is 0 Å². The highest BCUT2D eigenvalue weighted by atomic mass is 32.2. The molecular formula is C18H17N3O2S. The molecule has 0 fully saturated rings. The van der Waals surface area contributed by atoms with Gasteiger partial charge in [0, 0.05) is 6.20 Å². The number of nitrogens with one attached hydrogen (secondary N) is 1. The van der Waals surface area contributed by atoms with Crippen LogP contribution in [0.3, 0.4) is 0 Å². The third kappa shape index (κ3) is 3.14. The number of carbonyl (C=O) groups is 1. The lowest BCUT2D eigenvalue weighted by Crippen LogP contribution is -2.32. The van der Waals surface area contributed by atoms with E-state index in [-0.39, 0.29) is 17.7 Å². The van der Waals surface area contributed by atoms with E-state index in [0.717, 1.165) is 19.3 Å². The van der Waals surface area contributed by atoms with Crippen LogP contribution in [0.1, 0.15) is 30.0 Å². The number of oxazole rings is 1. The molecule has 1 amide bonds. The quantitative estimate of drug-likeness (QED) is 0.737. The topological polar surface area (TPSA) is 68.0 Å². The Kier molecular flexibility index (Phi) is 4.21. The van der Waals surface area contributed by atoms with Crippen molar-refractivity contribution in [2.75, 3.05) is 5.75 Å². The van der Waals surface area contributed by atoms with Crippen molar-refractivity contribution in [3.05, 3.63) is 53.7 Å². The molecule has 1 unspecified atom stereocenters. The standard InChI is InChI=1S/C18H17N3O2S/c22-16(11-24-18-21-17-15(23-18)9-4-10-19-17)20-14-8-3-6-12-5-1-2-7-13(12)14/h1-2,4-5,7,9-10,14H,3,6,8,11H2,(H,20,22). The Balaban J connectivity index is 1.39. The molecule has 6 heteroatoms. The van der Waals surface area contributed by atoms with Crippen molar-refractivity contribution in [1.29, 1.82) is 0 Å². The summed E-state index contributed by atoms with van der Waals surface area (Å²) in [7, 11) is 0. The van der Waals surface area contributed by atoms with E-state index in [4.69, 9.17) is 4.42 Å². The second-order valence-corrected chi connectivity index (χ2v) is 6.73. The third-order valence-electron chi connectivity index (χ3n) is 4.18. The van der Waals surface area contributed by atoms with Gasteiger partial charge in [0.1, 0.15) is 0 Å². The Morgan fingerprint density at radius 2 is 2.21 bits per heavy atom. The van der Waals surface area contributed by atoms with E-state index in [9.17, 15) is 4.79 Å². The van der Waals surface area contributed by atoms with Crippen LogP contribution in [0.5, 0.6) is 0 Å². The van der Waals surface area contributed by atoms with Gasteiger partial charge in [-0.3, -0.25) is 4.79 Å². The molecule has 24 heavy (non-hydrogen) atoms. The SMILES string of the molecule is O=C(CSc1nc2ncccc2o1)NC1CCCc2ccccc21. The van der Waals surface area contributed by atoms with Crippen molar-refractivity contribution < 1.29 is 9.21 Å². The molecule has 1 aliphatic carbocycles. The number of carbonyl (C=O) groups excluding carboxylic acids is 1. The van der Waals surface area contributed by atoms with Crippen molar-refractivity contribution in [3.63, 3.8) is 0 Å². The first-order valence-corrected chi connectivity index (χ1v) is 9.00. The zero-order chi connectivity index (χ0) is 16.4. The number of amides is 1. The van der Waals surface area contributed by atoms with Gasteiger partial charge in [-0.25, -0.2) is 4.98 Å². The van der Waals surface area contributed by atoms with Crippen molar-refractivity contribution in [1.82, 2.24) is 15.3 Å². The van der Waals surface area contributed by atoms with Gasteiger partial charge in [-0.1, -0.05) is 36.0 Å². The fraction of sp³-hybridized carbons (Fsp3) is 0.278. The summed E-state index contributed by atoms with van der Waals surface area (Å²) in [6.45, 7) is 0. The number of benzene rings is 1. The maximum atomic E-state index is 12.3. The summed E-state index contributed by atoms with van der Waals surface area (Å²) in [6.07, 6.45) is 4.85.